The predicted molar refractivity (Wildman–Crippen MR) is 53.5 cm³/mol. The zero-order chi connectivity index (χ0) is 11.5. The predicted octanol–water partition coefficient (Wildman–Crippen LogP) is 0.0240. The Morgan fingerprint density at radius 3 is 2.69 bits per heavy atom. The molecule has 0 aliphatic carbocycles. The molecule has 1 N–H and O–H groups in total. The number of amides is 4. The normalized spacial score (nSPS) is 26.1. The van der Waals surface area contributed by atoms with E-state index in [2.05, 4.69) is 0 Å². The lowest BCUT2D eigenvalue weighted by Crippen LogP contribution is -2.34. The number of rotatable bonds is 3. The first-order chi connectivity index (χ1) is 7.68. The van der Waals surface area contributed by atoms with Gasteiger partial charge < -0.3 is 4.74 Å². The van der Waals surface area contributed by atoms with Crippen LogP contribution in [-0.4, -0.2) is 42.0 Å². The highest BCUT2D eigenvalue weighted by atomic mass is 16.5. The number of nitrogens with zero attached hydrogens (tertiary/aromatic N) is 1. The second-order valence-electron chi connectivity index (χ2n) is 3.99. The summed E-state index contributed by atoms with van der Waals surface area (Å²) in [6, 6.07) is -0.620. The summed E-state index contributed by atoms with van der Waals surface area (Å²) in [5.41, 5.74) is 0. The van der Waals surface area contributed by atoms with E-state index in [-0.39, 0.29) is 12.6 Å². The van der Waals surface area contributed by atoms with E-state index < -0.39 is 17.8 Å². The average Bonchev–Trinajstić information content (AvgIpc) is 2.53. The van der Waals surface area contributed by atoms with Crippen LogP contribution >= 0.6 is 0 Å². The Morgan fingerprint density at radius 2 is 2.12 bits per heavy atom. The van der Waals surface area contributed by atoms with E-state index in [9.17, 15) is 14.4 Å². The Hall–Kier alpha value is -1.43. The van der Waals surface area contributed by atoms with Gasteiger partial charge in [-0.15, -0.1) is 0 Å². The van der Waals surface area contributed by atoms with Gasteiger partial charge in [-0.25, -0.2) is 4.79 Å². The fourth-order valence-electron chi connectivity index (χ4n) is 1.94. The van der Waals surface area contributed by atoms with Gasteiger partial charge >= 0.3 is 17.8 Å². The van der Waals surface area contributed by atoms with Gasteiger partial charge in [-0.05, 0) is 25.7 Å². The molecule has 2 aliphatic rings. The van der Waals surface area contributed by atoms with Crippen molar-refractivity contribution < 1.29 is 19.1 Å². The summed E-state index contributed by atoms with van der Waals surface area (Å²) < 4.78 is 5.48. The molecule has 2 fully saturated rings. The molecule has 1 atom stereocenters. The van der Waals surface area contributed by atoms with Gasteiger partial charge in [-0.3, -0.25) is 19.8 Å². The minimum absolute atomic E-state index is 0.102. The second-order valence-corrected chi connectivity index (χ2v) is 3.99. The molecule has 4 amide bonds. The largest absolute Gasteiger partial charge is 0.378 e. The first kappa shape index (κ1) is 11.1. The van der Waals surface area contributed by atoms with Crippen LogP contribution in [0.4, 0.5) is 4.79 Å². The van der Waals surface area contributed by atoms with Crippen molar-refractivity contribution in [1.82, 2.24) is 10.2 Å². The molecule has 2 aliphatic heterocycles. The molecule has 1 unspecified atom stereocenters. The van der Waals surface area contributed by atoms with Crippen LogP contribution in [0.2, 0.25) is 0 Å². The van der Waals surface area contributed by atoms with Crippen molar-refractivity contribution in [2.24, 2.45) is 0 Å². The summed E-state index contributed by atoms with van der Waals surface area (Å²) in [6.07, 6.45) is 3.84. The first-order valence-corrected chi connectivity index (χ1v) is 5.47. The molecule has 0 aromatic carbocycles. The summed E-state index contributed by atoms with van der Waals surface area (Å²) in [4.78, 5) is 34.3. The SMILES string of the molecule is O=C1NC(=O)N(CCC2CCCCO2)C1=O. The van der Waals surface area contributed by atoms with E-state index in [0.29, 0.717) is 6.42 Å². The molecule has 2 rings (SSSR count). The number of urea groups is 1. The Balaban J connectivity index is 1.83. The summed E-state index contributed by atoms with van der Waals surface area (Å²) in [6.45, 7) is 0.991. The molecule has 2 saturated heterocycles. The van der Waals surface area contributed by atoms with E-state index in [0.717, 1.165) is 30.8 Å². The molecule has 88 valence electrons. The van der Waals surface area contributed by atoms with Crippen molar-refractivity contribution in [3.8, 4) is 0 Å². The van der Waals surface area contributed by atoms with Crippen LogP contribution in [0.1, 0.15) is 25.7 Å². The molecular formula is C10H14N2O4. The van der Waals surface area contributed by atoms with Gasteiger partial charge in [0.15, 0.2) is 0 Å². The van der Waals surface area contributed by atoms with Gasteiger partial charge in [0, 0.05) is 13.2 Å². The van der Waals surface area contributed by atoms with Crippen molar-refractivity contribution in [3.63, 3.8) is 0 Å². The van der Waals surface area contributed by atoms with Gasteiger partial charge in [0.1, 0.15) is 0 Å². The average molecular weight is 226 g/mol. The standard InChI is InChI=1S/C10H14N2O4/c13-8-9(14)12(10(15)11-8)5-4-7-3-1-2-6-16-7/h7H,1-6H2,(H,11,13,15). The Morgan fingerprint density at radius 1 is 1.31 bits per heavy atom. The lowest BCUT2D eigenvalue weighted by molar-refractivity contribution is -0.140. The minimum Gasteiger partial charge on any atom is -0.378 e. The lowest BCUT2D eigenvalue weighted by Gasteiger charge is -2.23. The maximum absolute atomic E-state index is 11.2. The lowest BCUT2D eigenvalue weighted by atomic mass is 10.1. The van der Waals surface area contributed by atoms with Crippen LogP contribution in [0.25, 0.3) is 0 Å². The minimum atomic E-state index is -0.838. The number of hydrogen-bond acceptors (Lipinski definition) is 4. The molecule has 0 saturated carbocycles. The summed E-state index contributed by atoms with van der Waals surface area (Å²) in [7, 11) is 0. The first-order valence-electron chi connectivity index (χ1n) is 5.47. The number of nitrogens with one attached hydrogen (secondary N) is 1. The van der Waals surface area contributed by atoms with Crippen molar-refractivity contribution >= 4 is 17.8 Å². The molecule has 6 nitrogen and oxygen atoms in total. The van der Waals surface area contributed by atoms with Gasteiger partial charge in [-0.1, -0.05) is 0 Å². The molecular weight excluding hydrogens is 212 g/mol. The maximum atomic E-state index is 11.2. The van der Waals surface area contributed by atoms with Crippen molar-refractivity contribution in [2.75, 3.05) is 13.2 Å². The molecule has 0 aromatic heterocycles. The quantitative estimate of drug-likeness (QED) is 0.544. The van der Waals surface area contributed by atoms with Gasteiger partial charge in [0.25, 0.3) is 0 Å². The van der Waals surface area contributed by atoms with E-state index in [1.165, 1.54) is 0 Å². The molecule has 16 heavy (non-hydrogen) atoms. The van der Waals surface area contributed by atoms with Crippen LogP contribution in [0.5, 0.6) is 0 Å². The number of imide groups is 2. The van der Waals surface area contributed by atoms with Gasteiger partial charge in [-0.2, -0.15) is 0 Å². The molecule has 0 radical (unpaired) electrons. The summed E-state index contributed by atoms with van der Waals surface area (Å²) >= 11 is 0. The van der Waals surface area contributed by atoms with Crippen molar-refractivity contribution in [2.45, 2.75) is 31.8 Å². The summed E-state index contributed by atoms with van der Waals surface area (Å²) in [5.74, 6) is -1.60. The molecule has 0 bridgehead atoms. The van der Waals surface area contributed by atoms with E-state index >= 15 is 0 Å². The smallest absolute Gasteiger partial charge is 0.331 e. The molecule has 2 heterocycles. The van der Waals surface area contributed by atoms with Crippen LogP contribution < -0.4 is 5.32 Å². The van der Waals surface area contributed by atoms with E-state index in [1.54, 1.807) is 0 Å². The Bertz CT molecular complexity index is 323. The fraction of sp³-hybridized carbons (Fsp3) is 0.700. The second kappa shape index (κ2) is 4.61. The Labute approximate surface area is 92.9 Å². The highest BCUT2D eigenvalue weighted by molar-refractivity contribution is 6.44. The zero-order valence-corrected chi connectivity index (χ0v) is 8.90. The molecule has 0 spiro atoms. The number of carbonyl (C=O) groups is 3. The monoisotopic (exact) mass is 226 g/mol. The molecule has 0 aromatic rings. The third-order valence-electron chi connectivity index (χ3n) is 2.85. The fourth-order valence-corrected chi connectivity index (χ4v) is 1.94. The van der Waals surface area contributed by atoms with E-state index in [4.69, 9.17) is 4.74 Å². The van der Waals surface area contributed by atoms with Crippen LogP contribution in [0, 0.1) is 0 Å². The van der Waals surface area contributed by atoms with Crippen molar-refractivity contribution in [1.29, 1.82) is 0 Å². The molecule has 6 heteroatoms. The van der Waals surface area contributed by atoms with E-state index in [1.807, 2.05) is 5.32 Å². The maximum Gasteiger partial charge on any atom is 0.331 e. The van der Waals surface area contributed by atoms with Gasteiger partial charge in [0.2, 0.25) is 0 Å². The highest BCUT2D eigenvalue weighted by Gasteiger charge is 2.36. The zero-order valence-electron chi connectivity index (χ0n) is 8.90. The van der Waals surface area contributed by atoms with Crippen LogP contribution in [0.3, 0.4) is 0 Å². The number of carbonyl (C=O) groups excluding carboxylic acids is 3. The summed E-state index contributed by atoms with van der Waals surface area (Å²) in [5, 5.41) is 1.96. The van der Waals surface area contributed by atoms with Gasteiger partial charge in [0.05, 0.1) is 6.10 Å². The van der Waals surface area contributed by atoms with Crippen LogP contribution in [-0.2, 0) is 14.3 Å². The highest BCUT2D eigenvalue weighted by Crippen LogP contribution is 2.16. The van der Waals surface area contributed by atoms with Crippen molar-refractivity contribution in [3.05, 3.63) is 0 Å². The third-order valence-corrected chi connectivity index (χ3v) is 2.85. The van der Waals surface area contributed by atoms with Crippen LogP contribution in [0.15, 0.2) is 0 Å². The Kier molecular flexibility index (Phi) is 3.19. The number of hydrogen-bond donors (Lipinski definition) is 1. The third kappa shape index (κ3) is 2.21. The number of ether oxygens (including phenoxy) is 1. The topological polar surface area (TPSA) is 75.7 Å².